The number of nitrogens with two attached hydrogens (primary N) is 1. The normalized spacial score (nSPS) is 11.3. The van der Waals surface area contributed by atoms with Crippen LogP contribution in [0.4, 0.5) is 10.1 Å². The van der Waals surface area contributed by atoms with E-state index in [4.69, 9.17) is 17.3 Å². The average Bonchev–Trinajstić information content (AvgIpc) is 2.41. The number of hydrogen-bond acceptors (Lipinski definition) is 5. The predicted octanol–water partition coefficient (Wildman–Crippen LogP) is 1.53. The van der Waals surface area contributed by atoms with Crippen LogP contribution in [-0.4, -0.2) is 18.4 Å². The second-order valence-electron chi connectivity index (χ2n) is 3.81. The lowest BCUT2D eigenvalue weighted by Gasteiger charge is -2.10. The summed E-state index contributed by atoms with van der Waals surface area (Å²) in [6.07, 6.45) is 3.73. The summed E-state index contributed by atoms with van der Waals surface area (Å²) in [5.41, 5.74) is 5.48. The number of sulfonamides is 1. The minimum absolute atomic E-state index is 0.0159. The lowest BCUT2D eigenvalue weighted by Crippen LogP contribution is -2.16. The molecule has 3 N–H and O–H groups in total. The molecule has 0 aliphatic carbocycles. The zero-order valence-electron chi connectivity index (χ0n) is 10.0. The molecule has 0 bridgehead atoms. The van der Waals surface area contributed by atoms with Gasteiger partial charge in [0.2, 0.25) is 0 Å². The fraction of sp³-hybridized carbons (Fsp3) is 0.0909. The molecule has 0 aliphatic rings. The van der Waals surface area contributed by atoms with Gasteiger partial charge in [-0.2, -0.15) is 0 Å². The lowest BCUT2D eigenvalue weighted by molar-refractivity contribution is 0.561. The van der Waals surface area contributed by atoms with Crippen molar-refractivity contribution in [3.8, 4) is 0 Å². The summed E-state index contributed by atoms with van der Waals surface area (Å²) in [6, 6.07) is 2.30. The highest BCUT2D eigenvalue weighted by Gasteiger charge is 2.22. The van der Waals surface area contributed by atoms with Crippen molar-refractivity contribution in [1.82, 2.24) is 9.97 Å². The van der Waals surface area contributed by atoms with Gasteiger partial charge in [-0.05, 0) is 12.1 Å². The largest absolute Gasteiger partial charge is 0.326 e. The minimum Gasteiger partial charge on any atom is -0.326 e. The van der Waals surface area contributed by atoms with Crippen molar-refractivity contribution in [2.75, 3.05) is 4.72 Å². The Labute approximate surface area is 119 Å². The molecule has 6 nitrogen and oxygen atoms in total. The molecule has 9 heteroatoms. The summed E-state index contributed by atoms with van der Waals surface area (Å²) < 4.78 is 40.5. The monoisotopic (exact) mass is 316 g/mol. The third-order valence-electron chi connectivity index (χ3n) is 2.40. The second kappa shape index (κ2) is 5.70. The van der Waals surface area contributed by atoms with Crippen LogP contribution in [0.25, 0.3) is 0 Å². The van der Waals surface area contributed by atoms with E-state index in [0.29, 0.717) is 0 Å². The Kier molecular flexibility index (Phi) is 4.17. The zero-order valence-corrected chi connectivity index (χ0v) is 11.6. The smallest absolute Gasteiger partial charge is 0.264 e. The summed E-state index contributed by atoms with van der Waals surface area (Å²) >= 11 is 5.77. The molecule has 0 radical (unpaired) electrons. The second-order valence-corrected chi connectivity index (χ2v) is 5.90. The van der Waals surface area contributed by atoms with Crippen LogP contribution in [0, 0.1) is 5.82 Å². The molecule has 20 heavy (non-hydrogen) atoms. The van der Waals surface area contributed by atoms with E-state index >= 15 is 0 Å². The van der Waals surface area contributed by atoms with Crippen LogP contribution in [0.2, 0.25) is 5.02 Å². The fourth-order valence-corrected chi connectivity index (χ4v) is 3.00. The van der Waals surface area contributed by atoms with Gasteiger partial charge >= 0.3 is 0 Å². The molecule has 0 saturated heterocycles. The van der Waals surface area contributed by atoms with E-state index in [1.807, 2.05) is 0 Å². The molecule has 106 valence electrons. The molecule has 1 heterocycles. The third-order valence-corrected chi connectivity index (χ3v) is 4.00. The van der Waals surface area contributed by atoms with Gasteiger partial charge in [0, 0.05) is 17.1 Å². The van der Waals surface area contributed by atoms with Gasteiger partial charge in [0.25, 0.3) is 10.0 Å². The van der Waals surface area contributed by atoms with Gasteiger partial charge in [-0.3, -0.25) is 4.72 Å². The first-order valence-electron chi connectivity index (χ1n) is 5.40. The maximum atomic E-state index is 14.1. The maximum Gasteiger partial charge on any atom is 0.264 e. The summed E-state index contributed by atoms with van der Waals surface area (Å²) in [6.45, 7) is -0.163. The molecule has 0 spiro atoms. The van der Waals surface area contributed by atoms with Crippen LogP contribution in [0.1, 0.15) is 5.56 Å². The molecular weight excluding hydrogens is 307 g/mol. The number of halogens is 2. The summed E-state index contributed by atoms with van der Waals surface area (Å²) in [4.78, 5) is 6.74. The average molecular weight is 317 g/mol. The molecule has 1 aromatic heterocycles. The van der Waals surface area contributed by atoms with E-state index in [0.717, 1.165) is 6.07 Å². The van der Waals surface area contributed by atoms with Gasteiger partial charge in [0.1, 0.15) is 17.0 Å². The molecular formula is C11H10ClFN4O2S. The summed E-state index contributed by atoms with van der Waals surface area (Å²) in [7, 11) is -4.14. The van der Waals surface area contributed by atoms with Crippen LogP contribution < -0.4 is 10.5 Å². The molecule has 0 amide bonds. The van der Waals surface area contributed by atoms with Crippen molar-refractivity contribution in [1.29, 1.82) is 0 Å². The standard InChI is InChI=1S/C11H10ClFN4O2S/c12-8-1-7(3-14)11(13)10(2-8)20(18,19)17-9-4-15-6-16-5-9/h1-2,4-6,17H,3,14H2. The Hall–Kier alpha value is -1.77. The van der Waals surface area contributed by atoms with Crippen LogP contribution in [0.15, 0.2) is 35.7 Å². The van der Waals surface area contributed by atoms with E-state index < -0.39 is 20.7 Å². The van der Waals surface area contributed by atoms with Crippen molar-refractivity contribution in [3.63, 3.8) is 0 Å². The first kappa shape index (κ1) is 14.6. The van der Waals surface area contributed by atoms with E-state index in [1.54, 1.807) is 0 Å². The Balaban J connectivity index is 2.47. The number of benzene rings is 1. The van der Waals surface area contributed by atoms with Crippen LogP contribution in [0.3, 0.4) is 0 Å². The van der Waals surface area contributed by atoms with Crippen molar-refractivity contribution in [2.45, 2.75) is 11.4 Å². The molecule has 0 saturated carbocycles. The van der Waals surface area contributed by atoms with Crippen LogP contribution >= 0.6 is 11.6 Å². The molecule has 1 aromatic carbocycles. The number of aromatic nitrogens is 2. The van der Waals surface area contributed by atoms with Crippen molar-refractivity contribution in [3.05, 3.63) is 47.3 Å². The summed E-state index contributed by atoms with van der Waals surface area (Å²) in [5.74, 6) is -0.929. The van der Waals surface area contributed by atoms with E-state index in [-0.39, 0.29) is 22.8 Å². The van der Waals surface area contributed by atoms with Gasteiger partial charge in [-0.25, -0.2) is 22.8 Å². The van der Waals surface area contributed by atoms with Gasteiger partial charge in [-0.1, -0.05) is 11.6 Å². The highest BCUT2D eigenvalue weighted by Crippen LogP contribution is 2.25. The zero-order chi connectivity index (χ0) is 14.8. The van der Waals surface area contributed by atoms with Gasteiger partial charge in [0.05, 0.1) is 18.1 Å². The SMILES string of the molecule is NCc1cc(Cl)cc(S(=O)(=O)Nc2cncnc2)c1F. The molecule has 2 rings (SSSR count). The minimum atomic E-state index is -4.14. The number of rotatable bonds is 4. The Bertz CT molecular complexity index is 725. The molecule has 0 atom stereocenters. The predicted molar refractivity (Wildman–Crippen MR) is 72.1 cm³/mol. The highest BCUT2D eigenvalue weighted by atomic mass is 35.5. The lowest BCUT2D eigenvalue weighted by atomic mass is 10.2. The topological polar surface area (TPSA) is 98.0 Å². The number of nitrogens with one attached hydrogen (secondary N) is 1. The van der Waals surface area contributed by atoms with E-state index in [9.17, 15) is 12.8 Å². The molecule has 0 unspecified atom stereocenters. The fourth-order valence-electron chi connectivity index (χ4n) is 1.52. The summed E-state index contributed by atoms with van der Waals surface area (Å²) in [5, 5.41) is 0.0801. The maximum absolute atomic E-state index is 14.1. The molecule has 2 aromatic rings. The van der Waals surface area contributed by atoms with Gasteiger partial charge in [0.15, 0.2) is 0 Å². The highest BCUT2D eigenvalue weighted by molar-refractivity contribution is 7.92. The van der Waals surface area contributed by atoms with Gasteiger partial charge < -0.3 is 5.73 Å². The van der Waals surface area contributed by atoms with E-state index in [2.05, 4.69) is 14.7 Å². The first-order valence-corrected chi connectivity index (χ1v) is 7.26. The third kappa shape index (κ3) is 3.03. The quantitative estimate of drug-likeness (QED) is 0.891. The Morgan fingerprint density at radius 3 is 2.55 bits per heavy atom. The van der Waals surface area contributed by atoms with Crippen molar-refractivity contribution >= 4 is 27.3 Å². The Morgan fingerprint density at radius 1 is 1.30 bits per heavy atom. The van der Waals surface area contributed by atoms with Crippen LogP contribution in [0.5, 0.6) is 0 Å². The Morgan fingerprint density at radius 2 is 1.95 bits per heavy atom. The number of hydrogen-bond donors (Lipinski definition) is 2. The molecule has 0 fully saturated rings. The number of nitrogens with zero attached hydrogens (tertiary/aromatic N) is 2. The van der Waals surface area contributed by atoms with Crippen LogP contribution in [-0.2, 0) is 16.6 Å². The van der Waals surface area contributed by atoms with Gasteiger partial charge in [-0.15, -0.1) is 0 Å². The number of anilines is 1. The van der Waals surface area contributed by atoms with Crippen molar-refractivity contribution < 1.29 is 12.8 Å². The van der Waals surface area contributed by atoms with Crippen molar-refractivity contribution in [2.24, 2.45) is 5.73 Å². The first-order chi connectivity index (χ1) is 9.44. The van der Waals surface area contributed by atoms with E-state index in [1.165, 1.54) is 24.8 Å². The molecule has 0 aliphatic heterocycles.